The summed E-state index contributed by atoms with van der Waals surface area (Å²) in [5.41, 5.74) is 0. The minimum absolute atomic E-state index is 0.173. The highest BCUT2D eigenvalue weighted by Gasteiger charge is 2.37. The average molecular weight is 298 g/mol. The number of nitrogens with zero attached hydrogens (tertiary/aromatic N) is 1. The summed E-state index contributed by atoms with van der Waals surface area (Å²) in [4.78, 5) is 35.7. The number of carboxylic acid groups (broad SMARTS) is 2. The number of carbonyl (C=O) groups excluding carboxylic acids is 1. The highest BCUT2D eigenvalue weighted by Crippen LogP contribution is 2.35. The summed E-state index contributed by atoms with van der Waals surface area (Å²) >= 11 is 0. The molecule has 0 radical (unpaired) electrons. The molecular weight excluding hydrogens is 276 g/mol. The summed E-state index contributed by atoms with van der Waals surface area (Å²) in [6.45, 7) is 0.617. The van der Waals surface area contributed by atoms with Crippen molar-refractivity contribution in [1.82, 2.24) is 10.2 Å². The van der Waals surface area contributed by atoms with Crippen LogP contribution in [0.4, 0.5) is 4.79 Å². The Bertz CT molecular complexity index is 424. The second-order valence-corrected chi connectivity index (χ2v) is 5.89. The minimum atomic E-state index is -1.38. The van der Waals surface area contributed by atoms with E-state index in [0.29, 0.717) is 12.5 Å². The van der Waals surface area contributed by atoms with Crippen molar-refractivity contribution in [3.05, 3.63) is 0 Å². The van der Waals surface area contributed by atoms with Gasteiger partial charge in [0.25, 0.3) is 0 Å². The number of likely N-dealkylation sites (tertiary alicyclic amines) is 1. The average Bonchev–Trinajstić information content (AvgIpc) is 2.45. The Morgan fingerprint density at radius 2 is 1.76 bits per heavy atom. The van der Waals surface area contributed by atoms with Crippen molar-refractivity contribution in [2.75, 3.05) is 6.54 Å². The molecule has 118 valence electrons. The second kappa shape index (κ2) is 6.78. The molecule has 0 spiro atoms. The van der Waals surface area contributed by atoms with Gasteiger partial charge < -0.3 is 20.4 Å². The first-order chi connectivity index (χ1) is 9.99. The van der Waals surface area contributed by atoms with Crippen LogP contribution in [-0.2, 0) is 9.59 Å². The SMILES string of the molecule is O=C(O)C[C@H](NC(=O)N1CCC[C@H]2CCCC[C@H]21)C(=O)O. The Balaban J connectivity index is 2.00. The van der Waals surface area contributed by atoms with E-state index in [2.05, 4.69) is 5.32 Å². The van der Waals surface area contributed by atoms with E-state index < -0.39 is 30.4 Å². The molecule has 1 saturated heterocycles. The lowest BCUT2D eigenvalue weighted by molar-refractivity contribution is -0.145. The molecule has 21 heavy (non-hydrogen) atoms. The van der Waals surface area contributed by atoms with Crippen molar-refractivity contribution in [2.24, 2.45) is 5.92 Å². The van der Waals surface area contributed by atoms with E-state index in [0.717, 1.165) is 32.1 Å². The lowest BCUT2D eigenvalue weighted by Crippen LogP contribution is -2.56. The molecule has 1 aliphatic heterocycles. The van der Waals surface area contributed by atoms with Gasteiger partial charge in [-0.2, -0.15) is 0 Å². The molecule has 0 aromatic carbocycles. The monoisotopic (exact) mass is 298 g/mol. The first-order valence-electron chi connectivity index (χ1n) is 7.50. The van der Waals surface area contributed by atoms with E-state index in [9.17, 15) is 14.4 Å². The maximum absolute atomic E-state index is 12.3. The maximum atomic E-state index is 12.3. The minimum Gasteiger partial charge on any atom is -0.481 e. The lowest BCUT2D eigenvalue weighted by Gasteiger charge is -2.44. The van der Waals surface area contributed by atoms with Crippen molar-refractivity contribution in [3.63, 3.8) is 0 Å². The molecule has 3 atom stereocenters. The number of piperidine rings is 1. The Labute approximate surface area is 123 Å². The standard InChI is InChI=1S/C14H22N2O5/c17-12(18)8-10(13(19)20)15-14(21)16-7-3-5-9-4-1-2-6-11(9)16/h9-11H,1-8H2,(H,15,21)(H,17,18)(H,19,20)/t9-,10+,11-/m1/s1. The maximum Gasteiger partial charge on any atom is 0.326 e. The van der Waals surface area contributed by atoms with Crippen molar-refractivity contribution in [2.45, 2.75) is 57.0 Å². The van der Waals surface area contributed by atoms with Gasteiger partial charge in [0.1, 0.15) is 6.04 Å². The Hall–Kier alpha value is -1.79. The van der Waals surface area contributed by atoms with Gasteiger partial charge in [-0.3, -0.25) is 4.79 Å². The number of carboxylic acids is 2. The zero-order chi connectivity index (χ0) is 15.4. The predicted octanol–water partition coefficient (Wildman–Crippen LogP) is 1.28. The number of nitrogens with one attached hydrogen (secondary N) is 1. The molecule has 2 rings (SSSR count). The van der Waals surface area contributed by atoms with Crippen molar-refractivity contribution in [1.29, 1.82) is 0 Å². The summed E-state index contributed by atoms with van der Waals surface area (Å²) < 4.78 is 0. The van der Waals surface area contributed by atoms with Crippen LogP contribution in [0.3, 0.4) is 0 Å². The van der Waals surface area contributed by atoms with E-state index in [1.165, 1.54) is 6.42 Å². The summed E-state index contributed by atoms with van der Waals surface area (Å²) in [6, 6.07) is -1.65. The molecule has 7 heteroatoms. The van der Waals surface area contributed by atoms with Gasteiger partial charge in [-0.25, -0.2) is 9.59 Å². The molecule has 0 bridgehead atoms. The fourth-order valence-electron chi connectivity index (χ4n) is 3.48. The Kier molecular flexibility index (Phi) is 5.03. The van der Waals surface area contributed by atoms with Gasteiger partial charge in [0.2, 0.25) is 0 Å². The lowest BCUT2D eigenvalue weighted by atomic mass is 9.78. The van der Waals surface area contributed by atoms with Gasteiger partial charge in [-0.15, -0.1) is 0 Å². The number of hydrogen-bond donors (Lipinski definition) is 3. The summed E-state index contributed by atoms with van der Waals surface area (Å²) in [7, 11) is 0. The quantitative estimate of drug-likeness (QED) is 0.724. The molecule has 0 aromatic heterocycles. The Morgan fingerprint density at radius 3 is 2.43 bits per heavy atom. The Morgan fingerprint density at radius 1 is 1.10 bits per heavy atom. The van der Waals surface area contributed by atoms with Gasteiger partial charge in [-0.1, -0.05) is 12.8 Å². The molecule has 0 unspecified atom stereocenters. The number of rotatable bonds is 4. The zero-order valence-corrected chi connectivity index (χ0v) is 12.0. The van der Waals surface area contributed by atoms with Crippen LogP contribution in [0.2, 0.25) is 0 Å². The van der Waals surface area contributed by atoms with E-state index >= 15 is 0 Å². The van der Waals surface area contributed by atoms with Crippen LogP contribution in [0.25, 0.3) is 0 Å². The molecule has 3 N–H and O–H groups in total. The van der Waals surface area contributed by atoms with Crippen molar-refractivity contribution < 1.29 is 24.6 Å². The summed E-state index contributed by atoms with van der Waals surface area (Å²) in [5, 5.41) is 20.1. The molecule has 2 amide bonds. The molecular formula is C14H22N2O5. The first-order valence-corrected chi connectivity index (χ1v) is 7.50. The van der Waals surface area contributed by atoms with E-state index in [4.69, 9.17) is 10.2 Å². The number of aliphatic carboxylic acids is 2. The topological polar surface area (TPSA) is 107 Å². The van der Waals surface area contributed by atoms with Crippen LogP contribution in [0.1, 0.15) is 44.9 Å². The third-order valence-electron chi connectivity index (χ3n) is 4.48. The molecule has 1 aliphatic carbocycles. The summed E-state index contributed by atoms with van der Waals surface area (Å²) in [5.74, 6) is -2.05. The van der Waals surface area contributed by atoms with E-state index in [1.54, 1.807) is 4.90 Å². The van der Waals surface area contributed by atoms with Crippen LogP contribution in [0, 0.1) is 5.92 Å². The first kappa shape index (κ1) is 15.6. The van der Waals surface area contributed by atoms with Crippen LogP contribution in [0.15, 0.2) is 0 Å². The van der Waals surface area contributed by atoms with Crippen LogP contribution in [0.5, 0.6) is 0 Å². The normalized spacial score (nSPS) is 26.6. The summed E-state index contributed by atoms with van der Waals surface area (Å²) in [6.07, 6.45) is 5.77. The molecule has 7 nitrogen and oxygen atoms in total. The molecule has 1 saturated carbocycles. The van der Waals surface area contributed by atoms with Crippen LogP contribution >= 0.6 is 0 Å². The number of urea groups is 1. The third-order valence-corrected chi connectivity index (χ3v) is 4.48. The van der Waals surface area contributed by atoms with Gasteiger partial charge in [-0.05, 0) is 31.6 Å². The zero-order valence-electron chi connectivity index (χ0n) is 12.0. The van der Waals surface area contributed by atoms with Gasteiger partial charge in [0, 0.05) is 12.6 Å². The van der Waals surface area contributed by atoms with E-state index in [1.807, 2.05) is 0 Å². The largest absolute Gasteiger partial charge is 0.481 e. The number of amides is 2. The number of hydrogen-bond acceptors (Lipinski definition) is 3. The number of carbonyl (C=O) groups is 3. The fraction of sp³-hybridized carbons (Fsp3) is 0.786. The number of fused-ring (bicyclic) bond motifs is 1. The molecule has 0 aromatic rings. The van der Waals surface area contributed by atoms with Crippen LogP contribution < -0.4 is 5.32 Å². The molecule has 2 aliphatic rings. The van der Waals surface area contributed by atoms with Crippen LogP contribution in [-0.4, -0.2) is 51.7 Å². The molecule has 1 heterocycles. The fourth-order valence-corrected chi connectivity index (χ4v) is 3.48. The van der Waals surface area contributed by atoms with Gasteiger partial charge in [0.05, 0.1) is 6.42 Å². The van der Waals surface area contributed by atoms with Crippen molar-refractivity contribution >= 4 is 18.0 Å². The highest BCUT2D eigenvalue weighted by molar-refractivity contribution is 5.86. The third kappa shape index (κ3) is 3.86. The predicted molar refractivity (Wildman–Crippen MR) is 73.9 cm³/mol. The van der Waals surface area contributed by atoms with Gasteiger partial charge >= 0.3 is 18.0 Å². The van der Waals surface area contributed by atoms with E-state index in [-0.39, 0.29) is 6.04 Å². The van der Waals surface area contributed by atoms with Gasteiger partial charge in [0.15, 0.2) is 0 Å². The second-order valence-electron chi connectivity index (χ2n) is 5.89. The molecule has 2 fully saturated rings. The van der Waals surface area contributed by atoms with Crippen molar-refractivity contribution in [3.8, 4) is 0 Å². The smallest absolute Gasteiger partial charge is 0.326 e. The highest BCUT2D eigenvalue weighted by atomic mass is 16.4.